The first-order valence-electron chi connectivity index (χ1n) is 3.39. The zero-order chi connectivity index (χ0) is 11.8. The molecule has 0 heterocycles. The van der Waals surface area contributed by atoms with E-state index < -0.39 is 31.3 Å². The van der Waals surface area contributed by atoms with E-state index in [1.54, 1.807) is 0 Å². The van der Waals surface area contributed by atoms with Crippen LogP contribution in [0.15, 0.2) is 21.5 Å². The number of hydrogen-bond donors (Lipinski definition) is 1. The lowest BCUT2D eigenvalue weighted by molar-refractivity contribution is -0.388. The third-order valence-corrected chi connectivity index (χ3v) is 3.01. The topological polar surface area (TPSA) is 103 Å². The quantitative estimate of drug-likeness (QED) is 0.653. The van der Waals surface area contributed by atoms with E-state index in [1.807, 2.05) is 0 Å². The van der Waals surface area contributed by atoms with Crippen LogP contribution in [0.2, 0.25) is 0 Å². The number of nitro groups is 1. The summed E-state index contributed by atoms with van der Waals surface area (Å²) >= 11 is 2.69. The first-order valence-corrected chi connectivity index (χ1v) is 5.73. The van der Waals surface area contributed by atoms with E-state index in [-0.39, 0.29) is 4.47 Å². The lowest BCUT2D eigenvalue weighted by atomic mass is 10.3. The summed E-state index contributed by atoms with van der Waals surface area (Å²) in [7, 11) is -4.34. The molecule has 0 aliphatic carbocycles. The molecule has 0 fully saturated rings. The molecule has 0 saturated carbocycles. The minimum absolute atomic E-state index is 0.281. The molecule has 0 amide bonds. The summed E-state index contributed by atoms with van der Waals surface area (Å²) in [5.41, 5.74) is -0.779. The summed E-state index contributed by atoms with van der Waals surface area (Å²) in [6, 6.07) is 1.28. The molecule has 15 heavy (non-hydrogen) atoms. The molecule has 1 aromatic carbocycles. The maximum absolute atomic E-state index is 12.8. The largest absolute Gasteiger partial charge is 0.303 e. The van der Waals surface area contributed by atoms with Gasteiger partial charge in [-0.3, -0.25) is 10.1 Å². The van der Waals surface area contributed by atoms with Gasteiger partial charge in [0.25, 0.3) is 0 Å². The summed E-state index contributed by atoms with van der Waals surface area (Å²) in [4.78, 5) is 8.72. The minimum Gasteiger partial charge on any atom is -0.258 e. The van der Waals surface area contributed by atoms with Gasteiger partial charge in [0.15, 0.2) is 4.90 Å². The van der Waals surface area contributed by atoms with E-state index >= 15 is 0 Å². The number of sulfonamides is 1. The highest BCUT2D eigenvalue weighted by molar-refractivity contribution is 9.10. The van der Waals surface area contributed by atoms with E-state index in [0.717, 1.165) is 6.07 Å². The third-order valence-electron chi connectivity index (χ3n) is 1.48. The molecule has 6 nitrogen and oxygen atoms in total. The Morgan fingerprint density at radius 3 is 2.40 bits per heavy atom. The Morgan fingerprint density at radius 2 is 2.00 bits per heavy atom. The number of nitrogens with zero attached hydrogens (tertiary/aromatic N) is 1. The Morgan fingerprint density at radius 1 is 1.47 bits per heavy atom. The third kappa shape index (κ3) is 2.49. The normalized spacial score (nSPS) is 11.4. The summed E-state index contributed by atoms with van der Waals surface area (Å²) < 4.78 is 34.4. The van der Waals surface area contributed by atoms with E-state index in [0.29, 0.717) is 6.07 Å². The Labute approximate surface area is 92.2 Å². The van der Waals surface area contributed by atoms with Crippen LogP contribution in [0.4, 0.5) is 10.1 Å². The fraction of sp³-hybridized carbons (Fsp3) is 0. The van der Waals surface area contributed by atoms with Gasteiger partial charge in [0, 0.05) is 6.07 Å². The van der Waals surface area contributed by atoms with Crippen molar-refractivity contribution in [2.24, 2.45) is 5.14 Å². The van der Waals surface area contributed by atoms with E-state index in [1.165, 1.54) is 0 Å². The molecule has 1 rings (SSSR count). The Hall–Kier alpha value is -1.06. The second-order valence-corrected chi connectivity index (χ2v) is 4.92. The second kappa shape index (κ2) is 3.83. The van der Waals surface area contributed by atoms with Gasteiger partial charge >= 0.3 is 5.69 Å². The standard InChI is InChI=1S/C6H4BrFN2O4S/c7-4-1-3(8)2-5(15(9,13)14)6(4)10(11)12/h1-2H,(H2,9,13,14). The molecule has 0 aliphatic rings. The Kier molecular flexibility index (Phi) is 3.07. The molecular weight excluding hydrogens is 295 g/mol. The molecule has 0 saturated heterocycles. The number of primary sulfonamides is 1. The van der Waals surface area contributed by atoms with Crippen LogP contribution in [0.1, 0.15) is 0 Å². The fourth-order valence-electron chi connectivity index (χ4n) is 0.936. The monoisotopic (exact) mass is 298 g/mol. The minimum atomic E-state index is -4.34. The molecular formula is C6H4BrFN2O4S. The van der Waals surface area contributed by atoms with Crippen molar-refractivity contribution in [1.82, 2.24) is 0 Å². The van der Waals surface area contributed by atoms with Gasteiger partial charge in [0.1, 0.15) is 5.82 Å². The van der Waals surface area contributed by atoms with E-state index in [4.69, 9.17) is 5.14 Å². The molecule has 0 unspecified atom stereocenters. The van der Waals surface area contributed by atoms with Crippen molar-refractivity contribution < 1.29 is 17.7 Å². The maximum Gasteiger partial charge on any atom is 0.303 e. The summed E-state index contributed by atoms with van der Waals surface area (Å²) in [5.74, 6) is -0.934. The van der Waals surface area contributed by atoms with Crippen LogP contribution in [0.3, 0.4) is 0 Å². The number of nitrogens with two attached hydrogens (primary N) is 1. The van der Waals surface area contributed by atoms with Gasteiger partial charge in [0.2, 0.25) is 10.0 Å². The van der Waals surface area contributed by atoms with Crippen LogP contribution >= 0.6 is 15.9 Å². The van der Waals surface area contributed by atoms with E-state index in [2.05, 4.69) is 15.9 Å². The molecule has 0 spiro atoms. The molecule has 0 atom stereocenters. The SMILES string of the molecule is NS(=O)(=O)c1cc(F)cc(Br)c1[N+](=O)[O-]. The molecule has 2 N–H and O–H groups in total. The van der Waals surface area contributed by atoms with Crippen molar-refractivity contribution in [2.45, 2.75) is 4.90 Å². The van der Waals surface area contributed by atoms with Crippen molar-refractivity contribution in [3.63, 3.8) is 0 Å². The number of benzene rings is 1. The number of nitro benzene ring substituents is 1. The van der Waals surface area contributed by atoms with Crippen LogP contribution in [0, 0.1) is 15.9 Å². The van der Waals surface area contributed by atoms with Crippen molar-refractivity contribution in [3.05, 3.63) is 32.5 Å². The van der Waals surface area contributed by atoms with Crippen molar-refractivity contribution in [1.29, 1.82) is 0 Å². The lowest BCUT2D eigenvalue weighted by Crippen LogP contribution is -2.14. The zero-order valence-electron chi connectivity index (χ0n) is 6.98. The molecule has 1 aromatic rings. The smallest absolute Gasteiger partial charge is 0.258 e. The zero-order valence-corrected chi connectivity index (χ0v) is 9.38. The van der Waals surface area contributed by atoms with Gasteiger partial charge in [-0.1, -0.05) is 0 Å². The summed E-state index contributed by atoms with van der Waals surface area (Å²) in [6.45, 7) is 0. The van der Waals surface area contributed by atoms with Gasteiger partial charge < -0.3 is 0 Å². The summed E-state index contributed by atoms with van der Waals surface area (Å²) in [6.07, 6.45) is 0. The summed E-state index contributed by atoms with van der Waals surface area (Å²) in [5, 5.41) is 15.2. The highest BCUT2D eigenvalue weighted by atomic mass is 79.9. The first-order chi connectivity index (χ1) is 6.73. The Bertz CT molecular complexity index is 530. The molecule has 0 radical (unpaired) electrons. The molecule has 0 aliphatic heterocycles. The maximum atomic E-state index is 12.8. The van der Waals surface area contributed by atoms with Crippen LogP contribution in [0.5, 0.6) is 0 Å². The number of hydrogen-bond acceptors (Lipinski definition) is 4. The van der Waals surface area contributed by atoms with Crippen LogP contribution in [-0.2, 0) is 10.0 Å². The van der Waals surface area contributed by atoms with Gasteiger partial charge in [-0.2, -0.15) is 0 Å². The number of rotatable bonds is 2. The van der Waals surface area contributed by atoms with Gasteiger partial charge in [-0.25, -0.2) is 17.9 Å². The predicted molar refractivity (Wildman–Crippen MR) is 52.1 cm³/mol. The van der Waals surface area contributed by atoms with Crippen LogP contribution in [0.25, 0.3) is 0 Å². The Balaban J connectivity index is 3.70. The van der Waals surface area contributed by atoms with Gasteiger partial charge in [-0.05, 0) is 22.0 Å². The average molecular weight is 299 g/mol. The van der Waals surface area contributed by atoms with Crippen LogP contribution < -0.4 is 5.14 Å². The van der Waals surface area contributed by atoms with Crippen molar-refractivity contribution >= 4 is 31.6 Å². The van der Waals surface area contributed by atoms with E-state index in [9.17, 15) is 22.9 Å². The molecule has 82 valence electrons. The molecule has 0 bridgehead atoms. The fourth-order valence-corrected chi connectivity index (χ4v) is 2.38. The highest BCUT2D eigenvalue weighted by Crippen LogP contribution is 2.32. The van der Waals surface area contributed by atoms with Crippen molar-refractivity contribution in [3.8, 4) is 0 Å². The van der Waals surface area contributed by atoms with Crippen LogP contribution in [-0.4, -0.2) is 13.3 Å². The molecule has 9 heteroatoms. The predicted octanol–water partition coefficient (Wildman–Crippen LogP) is 1.14. The van der Waals surface area contributed by atoms with Crippen molar-refractivity contribution in [2.75, 3.05) is 0 Å². The highest BCUT2D eigenvalue weighted by Gasteiger charge is 2.27. The van der Waals surface area contributed by atoms with Gasteiger partial charge in [-0.15, -0.1) is 0 Å². The number of halogens is 2. The second-order valence-electron chi connectivity index (χ2n) is 2.54. The lowest BCUT2D eigenvalue weighted by Gasteiger charge is -2.02. The van der Waals surface area contributed by atoms with Gasteiger partial charge in [0.05, 0.1) is 9.40 Å². The molecule has 0 aromatic heterocycles. The first kappa shape index (κ1) is 12.0. The average Bonchev–Trinajstić information content (AvgIpc) is 1.99.